The van der Waals surface area contributed by atoms with Gasteiger partial charge >= 0.3 is 17.9 Å². The number of nitrogens with one attached hydrogen (secondary N) is 3. The van der Waals surface area contributed by atoms with Crippen LogP contribution in [0.4, 0.5) is 0 Å². The van der Waals surface area contributed by atoms with E-state index in [0.29, 0.717) is 5.56 Å². The van der Waals surface area contributed by atoms with E-state index in [-0.39, 0.29) is 6.42 Å². The molecule has 13 heteroatoms. The first-order valence-electron chi connectivity index (χ1n) is 10.3. The third kappa shape index (κ3) is 10.1. The van der Waals surface area contributed by atoms with Crippen LogP contribution >= 0.6 is 0 Å². The van der Waals surface area contributed by atoms with Crippen LogP contribution in [-0.4, -0.2) is 75.1 Å². The number of rotatable bonds is 14. The molecule has 0 fully saturated rings. The van der Waals surface area contributed by atoms with Crippen molar-refractivity contribution < 1.29 is 44.1 Å². The Labute approximate surface area is 194 Å². The van der Waals surface area contributed by atoms with E-state index >= 15 is 0 Å². The minimum atomic E-state index is -1.80. The van der Waals surface area contributed by atoms with Gasteiger partial charge in [-0.1, -0.05) is 30.3 Å². The standard InChI is InChI=1S/C21H28N4O9/c1-11(22)18(30)24-14(9-12-5-3-2-4-6-12)20(32)23-13(7-8-16(26)27)19(31)25-15(21(33)34)10-17(28)29/h2-6,11,13-15H,7-10,22H2,1H3,(H,23,32)(H,24,30)(H,25,31)(H,26,27)(H,28,29)(H,33,34). The molecule has 0 bridgehead atoms. The highest BCUT2D eigenvalue weighted by Crippen LogP contribution is 2.07. The van der Waals surface area contributed by atoms with Crippen LogP contribution in [0, 0.1) is 0 Å². The number of nitrogens with two attached hydrogens (primary N) is 1. The lowest BCUT2D eigenvalue weighted by atomic mass is 10.0. The van der Waals surface area contributed by atoms with Crippen LogP contribution in [0.2, 0.25) is 0 Å². The van der Waals surface area contributed by atoms with Crippen LogP contribution in [0.5, 0.6) is 0 Å². The second kappa shape index (κ2) is 13.5. The maximum atomic E-state index is 13.0. The number of amides is 3. The van der Waals surface area contributed by atoms with E-state index < -0.39 is 79.1 Å². The van der Waals surface area contributed by atoms with E-state index in [0.717, 1.165) is 0 Å². The first-order valence-corrected chi connectivity index (χ1v) is 10.3. The Kier molecular flexibility index (Phi) is 11.2. The van der Waals surface area contributed by atoms with Gasteiger partial charge in [-0.2, -0.15) is 0 Å². The topological polar surface area (TPSA) is 225 Å². The summed E-state index contributed by atoms with van der Waals surface area (Å²) in [5.74, 6) is -6.95. The highest BCUT2D eigenvalue weighted by Gasteiger charge is 2.31. The Morgan fingerprint density at radius 3 is 1.82 bits per heavy atom. The van der Waals surface area contributed by atoms with Gasteiger partial charge in [-0.15, -0.1) is 0 Å². The number of carboxylic acid groups (broad SMARTS) is 3. The maximum absolute atomic E-state index is 13.0. The first kappa shape index (κ1) is 28.0. The van der Waals surface area contributed by atoms with Crippen molar-refractivity contribution in [3.8, 4) is 0 Å². The summed E-state index contributed by atoms with van der Waals surface area (Å²) in [7, 11) is 0. The van der Waals surface area contributed by atoms with E-state index in [1.165, 1.54) is 6.92 Å². The van der Waals surface area contributed by atoms with Crippen molar-refractivity contribution in [2.24, 2.45) is 5.73 Å². The molecule has 1 aromatic rings. The molecular formula is C21H28N4O9. The SMILES string of the molecule is CC(N)C(=O)NC(Cc1ccccc1)C(=O)NC(CCC(=O)O)C(=O)NC(CC(=O)O)C(=O)O. The average Bonchev–Trinajstić information content (AvgIpc) is 2.75. The van der Waals surface area contributed by atoms with Crippen LogP contribution in [0.15, 0.2) is 30.3 Å². The van der Waals surface area contributed by atoms with Crippen molar-refractivity contribution in [3.63, 3.8) is 0 Å². The molecule has 0 aliphatic heterocycles. The van der Waals surface area contributed by atoms with Crippen LogP contribution in [0.1, 0.15) is 31.7 Å². The predicted octanol–water partition coefficient (Wildman–Crippen LogP) is -1.55. The molecular weight excluding hydrogens is 452 g/mol. The van der Waals surface area contributed by atoms with Crippen molar-refractivity contribution in [2.75, 3.05) is 0 Å². The van der Waals surface area contributed by atoms with Crippen molar-refractivity contribution >= 4 is 35.6 Å². The summed E-state index contributed by atoms with van der Waals surface area (Å²) in [4.78, 5) is 70.8. The van der Waals surface area contributed by atoms with Gasteiger partial charge in [0.2, 0.25) is 17.7 Å². The zero-order valence-electron chi connectivity index (χ0n) is 18.4. The summed E-state index contributed by atoms with van der Waals surface area (Å²) in [6.45, 7) is 1.41. The van der Waals surface area contributed by atoms with Crippen LogP contribution in [-0.2, 0) is 35.2 Å². The molecule has 8 N–H and O–H groups in total. The van der Waals surface area contributed by atoms with E-state index in [9.17, 15) is 28.8 Å². The second-order valence-electron chi connectivity index (χ2n) is 7.53. The van der Waals surface area contributed by atoms with E-state index in [4.69, 9.17) is 21.1 Å². The molecule has 0 aliphatic carbocycles. The molecule has 0 aromatic heterocycles. The molecule has 1 rings (SSSR count). The molecule has 4 unspecified atom stereocenters. The Bertz CT molecular complexity index is 905. The van der Waals surface area contributed by atoms with Gasteiger partial charge < -0.3 is 37.0 Å². The fraction of sp³-hybridized carbons (Fsp3) is 0.429. The molecule has 3 amide bonds. The van der Waals surface area contributed by atoms with Crippen LogP contribution in [0.25, 0.3) is 0 Å². The predicted molar refractivity (Wildman–Crippen MR) is 116 cm³/mol. The molecule has 4 atom stereocenters. The third-order valence-electron chi connectivity index (χ3n) is 4.60. The average molecular weight is 480 g/mol. The molecule has 0 radical (unpaired) electrons. The Morgan fingerprint density at radius 2 is 1.32 bits per heavy atom. The number of aliphatic carboxylic acids is 3. The molecule has 186 valence electrons. The zero-order valence-corrected chi connectivity index (χ0v) is 18.4. The lowest BCUT2D eigenvalue weighted by Gasteiger charge is -2.24. The summed E-state index contributed by atoms with van der Waals surface area (Å²) >= 11 is 0. The van der Waals surface area contributed by atoms with Crippen molar-refractivity contribution in [3.05, 3.63) is 35.9 Å². The van der Waals surface area contributed by atoms with Crippen molar-refractivity contribution in [1.29, 1.82) is 0 Å². The Hall–Kier alpha value is -4.00. The minimum absolute atomic E-state index is 0.0230. The monoisotopic (exact) mass is 480 g/mol. The van der Waals surface area contributed by atoms with Gasteiger partial charge in [-0.25, -0.2) is 4.79 Å². The Balaban J connectivity index is 3.09. The summed E-state index contributed by atoms with van der Waals surface area (Å²) in [6.07, 6.45) is -1.87. The smallest absolute Gasteiger partial charge is 0.326 e. The molecule has 1 aromatic carbocycles. The quantitative estimate of drug-likeness (QED) is 0.162. The van der Waals surface area contributed by atoms with Crippen molar-refractivity contribution in [2.45, 2.75) is 56.8 Å². The van der Waals surface area contributed by atoms with Gasteiger partial charge in [0.1, 0.15) is 18.1 Å². The highest BCUT2D eigenvalue weighted by molar-refractivity contribution is 5.94. The van der Waals surface area contributed by atoms with Gasteiger partial charge in [0.25, 0.3) is 0 Å². The normalized spacial score (nSPS) is 14.1. The van der Waals surface area contributed by atoms with E-state index in [2.05, 4.69) is 10.6 Å². The fourth-order valence-corrected chi connectivity index (χ4v) is 2.82. The number of benzene rings is 1. The van der Waals surface area contributed by atoms with Crippen LogP contribution < -0.4 is 21.7 Å². The van der Waals surface area contributed by atoms with Gasteiger partial charge in [-0.3, -0.25) is 24.0 Å². The summed E-state index contributed by atoms with van der Waals surface area (Å²) in [6, 6.07) is 3.16. The summed E-state index contributed by atoms with van der Waals surface area (Å²) < 4.78 is 0. The zero-order chi connectivity index (χ0) is 25.8. The molecule has 0 aliphatic rings. The first-order chi connectivity index (χ1) is 15.9. The number of hydrogen-bond donors (Lipinski definition) is 7. The molecule has 13 nitrogen and oxygen atoms in total. The van der Waals surface area contributed by atoms with E-state index in [1.807, 2.05) is 5.32 Å². The summed E-state index contributed by atoms with van der Waals surface area (Å²) in [5.41, 5.74) is 6.23. The Morgan fingerprint density at radius 1 is 0.794 bits per heavy atom. The molecule has 0 spiro atoms. The fourth-order valence-electron chi connectivity index (χ4n) is 2.82. The number of carboxylic acids is 3. The largest absolute Gasteiger partial charge is 0.481 e. The van der Waals surface area contributed by atoms with Gasteiger partial charge in [-0.05, 0) is 18.9 Å². The van der Waals surface area contributed by atoms with Gasteiger partial charge in [0.15, 0.2) is 0 Å². The number of hydrogen-bond acceptors (Lipinski definition) is 7. The minimum Gasteiger partial charge on any atom is -0.481 e. The lowest BCUT2D eigenvalue weighted by Crippen LogP contribution is -2.57. The maximum Gasteiger partial charge on any atom is 0.326 e. The molecule has 34 heavy (non-hydrogen) atoms. The second-order valence-corrected chi connectivity index (χ2v) is 7.53. The van der Waals surface area contributed by atoms with Gasteiger partial charge in [0, 0.05) is 12.8 Å². The highest BCUT2D eigenvalue weighted by atomic mass is 16.4. The van der Waals surface area contributed by atoms with Gasteiger partial charge in [0.05, 0.1) is 12.5 Å². The number of carbonyl (C=O) groups is 6. The molecule has 0 saturated heterocycles. The lowest BCUT2D eigenvalue weighted by molar-refractivity contribution is -0.147. The van der Waals surface area contributed by atoms with Crippen LogP contribution in [0.3, 0.4) is 0 Å². The molecule has 0 heterocycles. The van der Waals surface area contributed by atoms with Crippen molar-refractivity contribution in [1.82, 2.24) is 16.0 Å². The summed E-state index contributed by atoms with van der Waals surface area (Å²) in [5, 5.41) is 33.7. The molecule has 0 saturated carbocycles. The third-order valence-corrected chi connectivity index (χ3v) is 4.60. The van der Waals surface area contributed by atoms with E-state index in [1.54, 1.807) is 30.3 Å². The number of carbonyl (C=O) groups excluding carboxylic acids is 3.